The van der Waals surface area contributed by atoms with Crippen molar-refractivity contribution in [1.82, 2.24) is 9.80 Å². The van der Waals surface area contributed by atoms with Gasteiger partial charge in [0.1, 0.15) is 10.1 Å². The number of alkyl halides is 1. The van der Waals surface area contributed by atoms with Gasteiger partial charge < -0.3 is 0 Å². The summed E-state index contributed by atoms with van der Waals surface area (Å²) in [4.78, 5) is 17.7. The molecule has 0 spiro atoms. The highest BCUT2D eigenvalue weighted by molar-refractivity contribution is 9.10. The summed E-state index contributed by atoms with van der Waals surface area (Å²) in [5, 5.41) is 0. The largest absolute Gasteiger partial charge is 0.299 e. The summed E-state index contributed by atoms with van der Waals surface area (Å²) in [7, 11) is 0. The zero-order chi connectivity index (χ0) is 14.0. The van der Waals surface area contributed by atoms with Crippen molar-refractivity contribution >= 4 is 21.7 Å². The minimum atomic E-state index is -0.585. The van der Waals surface area contributed by atoms with Crippen molar-refractivity contribution in [2.75, 3.05) is 39.3 Å². The molecule has 0 N–H and O–H groups in total. The quantitative estimate of drug-likeness (QED) is 0.723. The van der Waals surface area contributed by atoms with Gasteiger partial charge in [-0.1, -0.05) is 28.1 Å². The predicted octanol–water partition coefficient (Wildman–Crippen LogP) is 1.41. The molecule has 106 valence electrons. The highest BCUT2D eigenvalue weighted by Gasteiger charge is 2.61. The lowest BCUT2D eigenvalue weighted by Crippen LogP contribution is -2.70. The van der Waals surface area contributed by atoms with Crippen LogP contribution in [-0.2, 0) is 10.2 Å². The number of ketones is 1. The average Bonchev–Trinajstić information content (AvgIpc) is 2.63. The van der Waals surface area contributed by atoms with Gasteiger partial charge in [-0.15, -0.1) is 0 Å². The standard InChI is InChI=1S/C15H16BrFN2O/c16-15-9-18-4-5-19(10-15)8-14(7-18,13(15)20)11-2-1-3-12(17)6-11/h1-3,6H,4-5,7-10H2. The van der Waals surface area contributed by atoms with Crippen LogP contribution in [-0.4, -0.2) is 59.2 Å². The lowest BCUT2D eigenvalue weighted by Gasteiger charge is -2.52. The van der Waals surface area contributed by atoms with Gasteiger partial charge in [-0.2, -0.15) is 0 Å². The highest BCUT2D eigenvalue weighted by Crippen LogP contribution is 2.45. The molecular formula is C15H16BrFN2O. The van der Waals surface area contributed by atoms with Gasteiger partial charge in [-0.3, -0.25) is 14.6 Å². The summed E-state index contributed by atoms with van der Waals surface area (Å²) < 4.78 is 13.1. The summed E-state index contributed by atoms with van der Waals surface area (Å²) >= 11 is 3.70. The molecule has 4 bridgehead atoms. The molecule has 0 amide bonds. The summed E-state index contributed by atoms with van der Waals surface area (Å²) in [6, 6.07) is 6.57. The molecule has 0 radical (unpaired) electrons. The van der Waals surface area contributed by atoms with E-state index in [1.54, 1.807) is 6.07 Å². The van der Waals surface area contributed by atoms with Crippen LogP contribution in [0.4, 0.5) is 4.39 Å². The summed E-state index contributed by atoms with van der Waals surface area (Å²) in [5.74, 6) is -0.0386. The molecule has 4 saturated heterocycles. The van der Waals surface area contributed by atoms with Gasteiger partial charge in [0, 0.05) is 39.3 Å². The third kappa shape index (κ3) is 1.66. The number of hydrogen-bond acceptors (Lipinski definition) is 3. The Balaban J connectivity index is 1.89. The normalized spacial score (nSPS) is 42.8. The monoisotopic (exact) mass is 338 g/mol. The molecule has 0 aliphatic carbocycles. The molecule has 1 aromatic rings. The third-order valence-electron chi connectivity index (χ3n) is 4.89. The minimum Gasteiger partial charge on any atom is -0.299 e. The van der Waals surface area contributed by atoms with Gasteiger partial charge in [0.05, 0.1) is 5.41 Å². The van der Waals surface area contributed by atoms with Crippen molar-refractivity contribution in [3.05, 3.63) is 35.6 Å². The number of hydrogen-bond donors (Lipinski definition) is 0. The van der Waals surface area contributed by atoms with Crippen molar-refractivity contribution in [1.29, 1.82) is 0 Å². The Labute approximate surface area is 125 Å². The van der Waals surface area contributed by atoms with E-state index in [1.165, 1.54) is 12.1 Å². The summed E-state index contributed by atoms with van der Waals surface area (Å²) in [6.45, 7) is 4.91. The lowest BCUT2D eigenvalue weighted by molar-refractivity contribution is -0.134. The van der Waals surface area contributed by atoms with E-state index in [9.17, 15) is 9.18 Å². The van der Waals surface area contributed by atoms with Crippen molar-refractivity contribution < 1.29 is 9.18 Å². The Hall–Kier alpha value is -0.780. The zero-order valence-corrected chi connectivity index (χ0v) is 12.7. The first-order valence-electron chi connectivity index (χ1n) is 6.97. The van der Waals surface area contributed by atoms with E-state index in [0.29, 0.717) is 13.1 Å². The van der Waals surface area contributed by atoms with Crippen LogP contribution in [0.15, 0.2) is 24.3 Å². The van der Waals surface area contributed by atoms with E-state index < -0.39 is 9.74 Å². The van der Waals surface area contributed by atoms with Gasteiger partial charge in [0.2, 0.25) is 0 Å². The van der Waals surface area contributed by atoms with Crippen LogP contribution in [0.2, 0.25) is 0 Å². The first-order chi connectivity index (χ1) is 9.52. The summed E-state index contributed by atoms with van der Waals surface area (Å²) in [6.07, 6.45) is 0. The van der Waals surface area contributed by atoms with E-state index in [2.05, 4.69) is 25.7 Å². The van der Waals surface area contributed by atoms with Gasteiger partial charge in [-0.05, 0) is 17.7 Å². The molecule has 5 rings (SSSR count). The van der Waals surface area contributed by atoms with Gasteiger partial charge >= 0.3 is 0 Å². The molecule has 2 unspecified atom stereocenters. The third-order valence-corrected chi connectivity index (χ3v) is 5.75. The smallest absolute Gasteiger partial charge is 0.165 e. The topological polar surface area (TPSA) is 23.6 Å². The molecule has 4 fully saturated rings. The van der Waals surface area contributed by atoms with Gasteiger partial charge in [0.15, 0.2) is 5.78 Å². The lowest BCUT2D eigenvalue weighted by atomic mass is 9.67. The highest BCUT2D eigenvalue weighted by atomic mass is 79.9. The minimum absolute atomic E-state index is 0.227. The zero-order valence-electron chi connectivity index (χ0n) is 11.1. The van der Waals surface area contributed by atoms with Crippen LogP contribution < -0.4 is 0 Å². The molecule has 5 heteroatoms. The molecule has 4 aliphatic rings. The van der Waals surface area contributed by atoms with E-state index in [0.717, 1.165) is 31.7 Å². The fourth-order valence-electron chi connectivity index (χ4n) is 4.10. The first kappa shape index (κ1) is 12.9. The van der Waals surface area contributed by atoms with Crippen LogP contribution in [0, 0.1) is 5.82 Å². The number of Topliss-reactive ketones (excluding diaryl/α,β-unsaturated/α-hetero) is 1. The number of fused-ring (bicyclic) bond motifs is 1. The number of piperidine rings is 2. The van der Waals surface area contributed by atoms with Crippen molar-refractivity contribution in [2.45, 2.75) is 9.74 Å². The van der Waals surface area contributed by atoms with Crippen molar-refractivity contribution in [3.63, 3.8) is 0 Å². The second-order valence-electron chi connectivity index (χ2n) is 6.31. The molecule has 2 atom stereocenters. The molecular weight excluding hydrogens is 323 g/mol. The maximum Gasteiger partial charge on any atom is 0.165 e. The first-order valence-corrected chi connectivity index (χ1v) is 7.76. The van der Waals surface area contributed by atoms with Crippen molar-refractivity contribution in [3.8, 4) is 0 Å². The van der Waals surface area contributed by atoms with Crippen LogP contribution in [0.5, 0.6) is 0 Å². The fourth-order valence-corrected chi connectivity index (χ4v) is 5.19. The Morgan fingerprint density at radius 2 is 1.75 bits per heavy atom. The molecule has 0 saturated carbocycles. The predicted molar refractivity (Wildman–Crippen MR) is 77.6 cm³/mol. The number of carbonyl (C=O) groups excluding carboxylic acids is 1. The molecule has 3 nitrogen and oxygen atoms in total. The number of carbonyl (C=O) groups is 1. The molecule has 1 aromatic carbocycles. The summed E-state index contributed by atoms with van der Waals surface area (Å²) in [5.41, 5.74) is 0.237. The number of rotatable bonds is 1. The Kier molecular flexibility index (Phi) is 2.66. The maximum atomic E-state index is 13.6. The maximum absolute atomic E-state index is 13.6. The molecule has 20 heavy (non-hydrogen) atoms. The second-order valence-corrected chi connectivity index (χ2v) is 7.83. The average molecular weight is 339 g/mol. The fraction of sp³-hybridized carbons (Fsp3) is 0.533. The Morgan fingerprint density at radius 1 is 1.10 bits per heavy atom. The Bertz CT molecular complexity index is 575. The number of nitrogens with zero attached hydrogens (tertiary/aromatic N) is 2. The molecule has 4 aliphatic heterocycles. The van der Waals surface area contributed by atoms with Gasteiger partial charge in [-0.25, -0.2) is 4.39 Å². The SMILES string of the molecule is O=C1C2(Br)CN3CCN(C2)CC1(c1cccc(F)c1)C3. The van der Waals surface area contributed by atoms with Crippen LogP contribution in [0.25, 0.3) is 0 Å². The Morgan fingerprint density at radius 3 is 2.35 bits per heavy atom. The van der Waals surface area contributed by atoms with E-state index in [-0.39, 0.29) is 11.6 Å². The van der Waals surface area contributed by atoms with E-state index in [4.69, 9.17) is 0 Å². The van der Waals surface area contributed by atoms with E-state index >= 15 is 0 Å². The van der Waals surface area contributed by atoms with Crippen molar-refractivity contribution in [2.24, 2.45) is 0 Å². The van der Waals surface area contributed by atoms with E-state index in [1.807, 2.05) is 6.07 Å². The van der Waals surface area contributed by atoms with Crippen LogP contribution >= 0.6 is 15.9 Å². The molecule has 0 aromatic heterocycles. The second kappa shape index (κ2) is 4.12. The van der Waals surface area contributed by atoms with Crippen LogP contribution in [0.1, 0.15) is 5.56 Å². The van der Waals surface area contributed by atoms with Crippen LogP contribution in [0.3, 0.4) is 0 Å². The van der Waals surface area contributed by atoms with Gasteiger partial charge in [0.25, 0.3) is 0 Å². The number of benzene rings is 1. The number of halogens is 2. The molecule has 4 heterocycles.